The monoisotopic (exact) mass is 269 g/mol. The number of halogens is 1. The van der Waals surface area contributed by atoms with Crippen molar-refractivity contribution < 1.29 is 14.3 Å². The number of esters is 1. The number of ketones is 1. The maximum Gasteiger partial charge on any atom is 0.309 e. The highest BCUT2D eigenvalue weighted by Gasteiger charge is 2.15. The Morgan fingerprint density at radius 1 is 1.33 bits per heavy atom. The molecular formula is C13H16ClNO3. The average molecular weight is 270 g/mol. The van der Waals surface area contributed by atoms with Crippen LogP contribution in [0, 0.1) is 11.3 Å². The van der Waals surface area contributed by atoms with Gasteiger partial charge in [0.15, 0.2) is 12.4 Å². The van der Waals surface area contributed by atoms with Crippen LogP contribution < -0.4 is 0 Å². The van der Waals surface area contributed by atoms with Crippen LogP contribution in [0.15, 0.2) is 30.3 Å². The van der Waals surface area contributed by atoms with Gasteiger partial charge in [0.05, 0.1) is 5.92 Å². The molecule has 1 N–H and O–H groups in total. The minimum absolute atomic E-state index is 0. The van der Waals surface area contributed by atoms with E-state index in [1.165, 1.54) is 0 Å². The fourth-order valence-electron chi connectivity index (χ4n) is 1.26. The Hall–Kier alpha value is -1.68. The number of Topliss-reactive ketones (excluding diaryl/α,β-unsaturated/α-hetero) is 1. The van der Waals surface area contributed by atoms with E-state index in [0.717, 1.165) is 6.21 Å². The molecule has 1 aromatic carbocycles. The summed E-state index contributed by atoms with van der Waals surface area (Å²) in [5.74, 6) is -1.05. The van der Waals surface area contributed by atoms with Crippen molar-refractivity contribution in [2.75, 3.05) is 6.61 Å². The third-order valence-corrected chi connectivity index (χ3v) is 2.32. The molecule has 0 spiro atoms. The van der Waals surface area contributed by atoms with Gasteiger partial charge in [-0.2, -0.15) is 0 Å². The van der Waals surface area contributed by atoms with Crippen LogP contribution in [0.5, 0.6) is 0 Å². The first-order valence-electron chi connectivity index (χ1n) is 5.39. The molecule has 4 nitrogen and oxygen atoms in total. The van der Waals surface area contributed by atoms with E-state index in [9.17, 15) is 9.59 Å². The van der Waals surface area contributed by atoms with Gasteiger partial charge in [-0.25, -0.2) is 0 Å². The van der Waals surface area contributed by atoms with Gasteiger partial charge in [0.1, 0.15) is 0 Å². The van der Waals surface area contributed by atoms with Crippen LogP contribution in [0.1, 0.15) is 23.7 Å². The summed E-state index contributed by atoms with van der Waals surface area (Å²) in [6, 6.07) is 8.68. The second-order valence-corrected chi connectivity index (χ2v) is 3.74. The molecule has 1 unspecified atom stereocenters. The largest absolute Gasteiger partial charge is 0.457 e. The number of carbonyl (C=O) groups excluding carboxylic acids is 2. The molecule has 0 heterocycles. The van der Waals surface area contributed by atoms with Crippen LogP contribution in [-0.4, -0.2) is 24.6 Å². The van der Waals surface area contributed by atoms with Gasteiger partial charge in [-0.05, 0) is 12.6 Å². The van der Waals surface area contributed by atoms with Crippen molar-refractivity contribution in [2.45, 2.75) is 13.3 Å². The first-order valence-corrected chi connectivity index (χ1v) is 5.39. The average Bonchev–Trinajstić information content (AvgIpc) is 2.36. The van der Waals surface area contributed by atoms with Crippen LogP contribution in [0.25, 0.3) is 0 Å². The van der Waals surface area contributed by atoms with Crippen molar-refractivity contribution >= 4 is 30.4 Å². The Morgan fingerprint density at radius 3 is 2.50 bits per heavy atom. The number of ether oxygens (including phenoxy) is 1. The Morgan fingerprint density at radius 2 is 1.94 bits per heavy atom. The molecule has 1 rings (SSSR count). The van der Waals surface area contributed by atoms with Gasteiger partial charge < -0.3 is 10.1 Å². The minimum Gasteiger partial charge on any atom is -0.457 e. The van der Waals surface area contributed by atoms with Crippen LogP contribution in [0.4, 0.5) is 0 Å². The summed E-state index contributed by atoms with van der Waals surface area (Å²) < 4.78 is 4.88. The summed E-state index contributed by atoms with van der Waals surface area (Å²) in [6.45, 7) is 1.42. The molecule has 0 amide bonds. The van der Waals surface area contributed by atoms with Crippen molar-refractivity contribution in [2.24, 2.45) is 5.92 Å². The standard InChI is InChI=1S/C13H15NO3.ClH/c1-10(7-8-14)13(16)17-9-12(15)11-5-3-2-4-6-11;/h2-6,8,10,14H,7,9H2,1H3;1H. The number of carbonyl (C=O) groups is 2. The molecule has 0 fully saturated rings. The number of hydrogen-bond donors (Lipinski definition) is 1. The number of nitrogens with one attached hydrogen (secondary N) is 1. The van der Waals surface area contributed by atoms with E-state index in [0.29, 0.717) is 12.0 Å². The third kappa shape index (κ3) is 5.10. The predicted molar refractivity (Wildman–Crippen MR) is 71.5 cm³/mol. The number of hydrogen-bond acceptors (Lipinski definition) is 4. The van der Waals surface area contributed by atoms with Crippen LogP contribution in [-0.2, 0) is 9.53 Å². The minimum atomic E-state index is -0.446. The molecule has 0 radical (unpaired) electrons. The van der Waals surface area contributed by atoms with Crippen LogP contribution >= 0.6 is 12.4 Å². The molecule has 0 aliphatic rings. The molecule has 18 heavy (non-hydrogen) atoms. The maximum absolute atomic E-state index is 11.6. The number of benzene rings is 1. The second-order valence-electron chi connectivity index (χ2n) is 3.74. The first kappa shape index (κ1) is 16.3. The van der Waals surface area contributed by atoms with Crippen molar-refractivity contribution in [3.8, 4) is 0 Å². The number of rotatable bonds is 6. The molecule has 0 aliphatic carbocycles. The van der Waals surface area contributed by atoms with Gasteiger partial charge in [0.25, 0.3) is 0 Å². The molecule has 0 aliphatic heterocycles. The summed E-state index contributed by atoms with van der Waals surface area (Å²) in [7, 11) is 0. The molecule has 5 heteroatoms. The molecule has 0 saturated heterocycles. The predicted octanol–water partition coefficient (Wildman–Crippen LogP) is 2.51. The Balaban J connectivity index is 0.00000289. The molecule has 0 bridgehead atoms. The summed E-state index contributed by atoms with van der Waals surface area (Å²) in [6.07, 6.45) is 1.49. The fourth-order valence-corrected chi connectivity index (χ4v) is 1.26. The zero-order valence-corrected chi connectivity index (χ0v) is 10.9. The summed E-state index contributed by atoms with van der Waals surface area (Å²) in [4.78, 5) is 23.0. The van der Waals surface area contributed by atoms with Gasteiger partial charge in [0.2, 0.25) is 0 Å². The van der Waals surface area contributed by atoms with Crippen molar-refractivity contribution in [3.05, 3.63) is 35.9 Å². The quantitative estimate of drug-likeness (QED) is 0.490. The Labute approximate surface area is 112 Å². The Bertz CT molecular complexity index is 406. The zero-order chi connectivity index (χ0) is 12.7. The molecule has 1 aromatic rings. The highest BCUT2D eigenvalue weighted by molar-refractivity contribution is 5.98. The van der Waals surface area contributed by atoms with E-state index in [-0.39, 0.29) is 30.7 Å². The highest BCUT2D eigenvalue weighted by atomic mass is 35.5. The topological polar surface area (TPSA) is 67.2 Å². The first-order chi connectivity index (χ1) is 8.15. The van der Waals surface area contributed by atoms with E-state index < -0.39 is 5.97 Å². The van der Waals surface area contributed by atoms with E-state index in [4.69, 9.17) is 10.1 Å². The van der Waals surface area contributed by atoms with Gasteiger partial charge in [-0.15, -0.1) is 12.4 Å². The lowest BCUT2D eigenvalue weighted by atomic mass is 10.1. The summed E-state index contributed by atoms with van der Waals surface area (Å²) in [5.41, 5.74) is 0.528. The lowest BCUT2D eigenvalue weighted by Gasteiger charge is -2.08. The Kier molecular flexibility index (Phi) is 7.63. The fraction of sp³-hybridized carbons (Fsp3) is 0.308. The van der Waals surface area contributed by atoms with Crippen LogP contribution in [0.3, 0.4) is 0 Å². The zero-order valence-electron chi connectivity index (χ0n) is 10.1. The molecule has 98 valence electrons. The van der Waals surface area contributed by atoms with E-state index in [1.54, 1.807) is 31.2 Å². The summed E-state index contributed by atoms with van der Waals surface area (Å²) in [5, 5.41) is 6.88. The maximum atomic E-state index is 11.6. The van der Waals surface area contributed by atoms with Crippen molar-refractivity contribution in [1.29, 1.82) is 5.41 Å². The molecule has 0 aromatic heterocycles. The van der Waals surface area contributed by atoms with Gasteiger partial charge in [0, 0.05) is 5.56 Å². The van der Waals surface area contributed by atoms with Gasteiger partial charge >= 0.3 is 5.97 Å². The lowest BCUT2D eigenvalue weighted by molar-refractivity contribution is -0.146. The normalized spacial score (nSPS) is 10.9. The van der Waals surface area contributed by atoms with E-state index >= 15 is 0 Å². The van der Waals surface area contributed by atoms with E-state index in [1.807, 2.05) is 6.07 Å². The third-order valence-electron chi connectivity index (χ3n) is 2.32. The molecular weight excluding hydrogens is 254 g/mol. The molecule has 1 atom stereocenters. The van der Waals surface area contributed by atoms with Crippen molar-refractivity contribution in [3.63, 3.8) is 0 Å². The van der Waals surface area contributed by atoms with Gasteiger partial charge in [-0.1, -0.05) is 37.3 Å². The van der Waals surface area contributed by atoms with Gasteiger partial charge in [-0.3, -0.25) is 9.59 Å². The van der Waals surface area contributed by atoms with Crippen LogP contribution in [0.2, 0.25) is 0 Å². The summed E-state index contributed by atoms with van der Waals surface area (Å²) >= 11 is 0. The van der Waals surface area contributed by atoms with Crippen molar-refractivity contribution in [1.82, 2.24) is 0 Å². The SMILES string of the molecule is CC(CC=N)C(=O)OCC(=O)c1ccccc1.Cl. The highest BCUT2D eigenvalue weighted by Crippen LogP contribution is 2.04. The van der Waals surface area contributed by atoms with E-state index in [2.05, 4.69) is 0 Å². The lowest BCUT2D eigenvalue weighted by Crippen LogP contribution is -2.19. The second kappa shape index (κ2) is 8.42. The molecule has 0 saturated carbocycles. The smallest absolute Gasteiger partial charge is 0.309 e.